The highest BCUT2D eigenvalue weighted by molar-refractivity contribution is 7.91. The van der Waals surface area contributed by atoms with Crippen LogP contribution in [0, 0.1) is 0 Å². The molecule has 0 aromatic heterocycles. The van der Waals surface area contributed by atoms with Crippen molar-refractivity contribution in [3.05, 3.63) is 34.9 Å². The van der Waals surface area contributed by atoms with Gasteiger partial charge >= 0.3 is 6.03 Å². The standard InChI is InChI=1S/C16H21ClN2O3S/c1-23(21,22)15-8-13-6-7-14(9-15)19(13)16(20)18-10-11-2-4-12(17)5-3-11/h2-5,13-15H,6-10H2,1H3,(H,18,20). The van der Waals surface area contributed by atoms with Crippen molar-refractivity contribution in [1.29, 1.82) is 0 Å². The van der Waals surface area contributed by atoms with Gasteiger partial charge in [-0.1, -0.05) is 23.7 Å². The molecule has 2 bridgehead atoms. The molecule has 3 rings (SSSR count). The second-order valence-corrected chi connectivity index (χ2v) is 9.26. The number of carbonyl (C=O) groups excluding carboxylic acids is 1. The predicted molar refractivity (Wildman–Crippen MR) is 90.2 cm³/mol. The van der Waals surface area contributed by atoms with Crippen LogP contribution in [0.5, 0.6) is 0 Å². The number of hydrogen-bond donors (Lipinski definition) is 1. The van der Waals surface area contributed by atoms with E-state index < -0.39 is 9.84 Å². The van der Waals surface area contributed by atoms with Crippen molar-refractivity contribution in [2.75, 3.05) is 6.26 Å². The topological polar surface area (TPSA) is 66.5 Å². The molecule has 2 heterocycles. The van der Waals surface area contributed by atoms with E-state index in [1.54, 1.807) is 12.1 Å². The zero-order chi connectivity index (χ0) is 16.6. The van der Waals surface area contributed by atoms with Crippen molar-refractivity contribution in [2.45, 2.75) is 49.6 Å². The Kier molecular flexibility index (Phi) is 4.56. The summed E-state index contributed by atoms with van der Waals surface area (Å²) in [6.45, 7) is 0.446. The lowest BCUT2D eigenvalue weighted by Crippen LogP contribution is -2.52. The Morgan fingerprint density at radius 3 is 2.30 bits per heavy atom. The summed E-state index contributed by atoms with van der Waals surface area (Å²) in [5, 5.41) is 3.30. The van der Waals surface area contributed by atoms with Crippen LogP contribution in [0.2, 0.25) is 5.02 Å². The number of urea groups is 1. The summed E-state index contributed by atoms with van der Waals surface area (Å²) in [4.78, 5) is 14.4. The first-order valence-corrected chi connectivity index (χ1v) is 10.2. The smallest absolute Gasteiger partial charge is 0.318 e. The molecule has 2 atom stereocenters. The van der Waals surface area contributed by atoms with E-state index >= 15 is 0 Å². The molecule has 2 fully saturated rings. The second kappa shape index (κ2) is 6.32. The SMILES string of the molecule is CS(=O)(=O)C1CC2CCC(C1)N2C(=O)NCc1ccc(Cl)cc1. The van der Waals surface area contributed by atoms with E-state index in [2.05, 4.69) is 5.32 Å². The van der Waals surface area contributed by atoms with Crippen molar-refractivity contribution < 1.29 is 13.2 Å². The average molecular weight is 357 g/mol. The maximum atomic E-state index is 12.5. The molecule has 1 N–H and O–H groups in total. The Hall–Kier alpha value is -1.27. The molecule has 0 saturated carbocycles. The number of halogens is 1. The molecule has 2 saturated heterocycles. The molecular weight excluding hydrogens is 336 g/mol. The molecule has 2 aliphatic rings. The first-order valence-electron chi connectivity index (χ1n) is 7.84. The monoisotopic (exact) mass is 356 g/mol. The fourth-order valence-corrected chi connectivity index (χ4v) is 4.95. The summed E-state index contributed by atoms with van der Waals surface area (Å²) < 4.78 is 23.6. The number of hydrogen-bond acceptors (Lipinski definition) is 3. The van der Waals surface area contributed by atoms with E-state index in [4.69, 9.17) is 11.6 Å². The zero-order valence-corrected chi connectivity index (χ0v) is 14.6. The van der Waals surface area contributed by atoms with Gasteiger partial charge in [-0.15, -0.1) is 0 Å². The molecule has 126 valence electrons. The van der Waals surface area contributed by atoms with Gasteiger partial charge in [0.1, 0.15) is 9.84 Å². The van der Waals surface area contributed by atoms with Crippen LogP contribution in [-0.2, 0) is 16.4 Å². The molecule has 1 aromatic rings. The molecule has 0 radical (unpaired) electrons. The summed E-state index contributed by atoms with van der Waals surface area (Å²) in [5.74, 6) is 0. The normalized spacial score (nSPS) is 27.0. The Labute approximate surface area is 141 Å². The maximum absolute atomic E-state index is 12.5. The number of carbonyl (C=O) groups is 1. The first-order chi connectivity index (χ1) is 10.8. The van der Waals surface area contributed by atoms with Crippen LogP contribution >= 0.6 is 11.6 Å². The zero-order valence-electron chi connectivity index (χ0n) is 13.0. The number of amides is 2. The van der Waals surface area contributed by atoms with Crippen molar-refractivity contribution >= 4 is 27.5 Å². The van der Waals surface area contributed by atoms with Crippen LogP contribution in [0.4, 0.5) is 4.79 Å². The molecule has 2 aliphatic heterocycles. The van der Waals surface area contributed by atoms with Crippen LogP contribution in [0.3, 0.4) is 0 Å². The van der Waals surface area contributed by atoms with Gasteiger partial charge < -0.3 is 10.2 Å². The summed E-state index contributed by atoms with van der Waals surface area (Å²) in [6, 6.07) is 7.34. The first kappa shape index (κ1) is 16.6. The van der Waals surface area contributed by atoms with Gasteiger partial charge in [-0.3, -0.25) is 0 Å². The number of sulfone groups is 1. The maximum Gasteiger partial charge on any atom is 0.318 e. The van der Waals surface area contributed by atoms with E-state index in [0.717, 1.165) is 18.4 Å². The highest BCUT2D eigenvalue weighted by Gasteiger charge is 2.45. The summed E-state index contributed by atoms with van der Waals surface area (Å²) in [6.07, 6.45) is 4.21. The number of nitrogens with zero attached hydrogens (tertiary/aromatic N) is 1. The third-order valence-corrected chi connectivity index (χ3v) is 6.73. The van der Waals surface area contributed by atoms with E-state index in [-0.39, 0.29) is 23.4 Å². The molecule has 2 unspecified atom stereocenters. The second-order valence-electron chi connectivity index (χ2n) is 6.50. The van der Waals surface area contributed by atoms with Gasteiger partial charge in [0.05, 0.1) is 5.25 Å². The lowest BCUT2D eigenvalue weighted by Gasteiger charge is -2.38. The Morgan fingerprint density at radius 2 is 1.78 bits per heavy atom. The van der Waals surface area contributed by atoms with Gasteiger partial charge in [0.25, 0.3) is 0 Å². The van der Waals surface area contributed by atoms with Crippen molar-refractivity contribution in [2.24, 2.45) is 0 Å². The summed E-state index contributed by atoms with van der Waals surface area (Å²) in [5.41, 5.74) is 0.987. The summed E-state index contributed by atoms with van der Waals surface area (Å²) >= 11 is 5.85. The van der Waals surface area contributed by atoms with E-state index in [1.807, 2.05) is 17.0 Å². The molecule has 23 heavy (non-hydrogen) atoms. The number of fused-ring (bicyclic) bond motifs is 2. The number of piperidine rings is 1. The minimum atomic E-state index is -3.03. The Balaban J connectivity index is 1.62. The third-order valence-electron chi connectivity index (χ3n) is 4.89. The molecule has 1 aromatic carbocycles. The predicted octanol–water partition coefficient (Wildman–Crippen LogP) is 2.59. The highest BCUT2D eigenvalue weighted by Crippen LogP contribution is 2.38. The largest absolute Gasteiger partial charge is 0.334 e. The number of rotatable bonds is 3. The average Bonchev–Trinajstić information content (AvgIpc) is 2.75. The highest BCUT2D eigenvalue weighted by atomic mass is 35.5. The number of benzene rings is 1. The fourth-order valence-electron chi connectivity index (χ4n) is 3.68. The van der Waals surface area contributed by atoms with E-state index in [0.29, 0.717) is 24.4 Å². The minimum Gasteiger partial charge on any atom is -0.334 e. The van der Waals surface area contributed by atoms with Crippen molar-refractivity contribution in [3.63, 3.8) is 0 Å². The minimum absolute atomic E-state index is 0.0405. The lowest BCUT2D eigenvalue weighted by molar-refractivity contribution is 0.147. The molecule has 2 amide bonds. The van der Waals surface area contributed by atoms with Crippen LogP contribution in [0.25, 0.3) is 0 Å². The van der Waals surface area contributed by atoms with Crippen molar-refractivity contribution in [1.82, 2.24) is 10.2 Å². The van der Waals surface area contributed by atoms with E-state index in [1.165, 1.54) is 6.26 Å². The van der Waals surface area contributed by atoms with Crippen LogP contribution in [0.15, 0.2) is 24.3 Å². The van der Waals surface area contributed by atoms with Crippen LogP contribution in [0.1, 0.15) is 31.2 Å². The molecule has 5 nitrogen and oxygen atoms in total. The third kappa shape index (κ3) is 3.63. The van der Waals surface area contributed by atoms with Gasteiger partial charge in [0, 0.05) is 29.9 Å². The molecule has 7 heteroatoms. The van der Waals surface area contributed by atoms with Crippen molar-refractivity contribution in [3.8, 4) is 0 Å². The quantitative estimate of drug-likeness (QED) is 0.905. The van der Waals surface area contributed by atoms with E-state index in [9.17, 15) is 13.2 Å². The van der Waals surface area contributed by atoms with Gasteiger partial charge in [0.15, 0.2) is 0 Å². The van der Waals surface area contributed by atoms with Crippen LogP contribution < -0.4 is 5.32 Å². The lowest BCUT2D eigenvalue weighted by atomic mass is 10.0. The van der Waals surface area contributed by atoms with Gasteiger partial charge in [-0.25, -0.2) is 13.2 Å². The fraction of sp³-hybridized carbons (Fsp3) is 0.562. The molecule has 0 spiro atoms. The van der Waals surface area contributed by atoms with Crippen LogP contribution in [-0.4, -0.2) is 42.9 Å². The number of nitrogens with one attached hydrogen (secondary N) is 1. The van der Waals surface area contributed by atoms with Gasteiger partial charge in [-0.05, 0) is 43.4 Å². The Morgan fingerprint density at radius 1 is 1.22 bits per heavy atom. The summed E-state index contributed by atoms with van der Waals surface area (Å²) in [7, 11) is -3.03. The molecular formula is C16H21ClN2O3S. The van der Waals surface area contributed by atoms with Gasteiger partial charge in [0.2, 0.25) is 0 Å². The van der Waals surface area contributed by atoms with Gasteiger partial charge in [-0.2, -0.15) is 0 Å². The molecule has 0 aliphatic carbocycles. The Bertz CT molecular complexity index is 676.